The molecule has 18 heavy (non-hydrogen) atoms. The van der Waals surface area contributed by atoms with Gasteiger partial charge in [0.15, 0.2) is 11.6 Å². The number of hydrogen-bond donors (Lipinski definition) is 2. The van der Waals surface area contributed by atoms with Crippen molar-refractivity contribution in [1.29, 1.82) is 0 Å². The Morgan fingerprint density at radius 1 is 1.39 bits per heavy atom. The average Bonchev–Trinajstić information content (AvgIpc) is 2.29. The van der Waals surface area contributed by atoms with E-state index in [9.17, 15) is 4.39 Å². The molecule has 1 aromatic carbocycles. The molecule has 102 valence electrons. The van der Waals surface area contributed by atoms with Crippen LogP contribution in [-0.4, -0.2) is 26.4 Å². The Morgan fingerprint density at radius 3 is 2.72 bits per heavy atom. The number of nitrogens with two attached hydrogens (primary N) is 1. The highest BCUT2D eigenvalue weighted by Gasteiger charge is 2.10. The van der Waals surface area contributed by atoms with Crippen molar-refractivity contribution < 1.29 is 13.9 Å². The van der Waals surface area contributed by atoms with Crippen molar-refractivity contribution in [3.8, 4) is 5.75 Å². The molecule has 0 spiro atoms. The van der Waals surface area contributed by atoms with Crippen LogP contribution in [0.3, 0.4) is 0 Å². The summed E-state index contributed by atoms with van der Waals surface area (Å²) in [7, 11) is 1.65. The van der Waals surface area contributed by atoms with E-state index in [1.165, 1.54) is 6.07 Å². The number of ether oxygens (including phenoxy) is 2. The highest BCUT2D eigenvalue weighted by molar-refractivity contribution is 5.68. The molecule has 3 N–H and O–H groups in total. The molecule has 0 bridgehead atoms. The fourth-order valence-electron chi connectivity index (χ4n) is 1.51. The Bertz CT molecular complexity index is 383. The lowest BCUT2D eigenvalue weighted by Gasteiger charge is -2.15. The van der Waals surface area contributed by atoms with Gasteiger partial charge in [-0.25, -0.2) is 4.39 Å². The maximum Gasteiger partial charge on any atom is 0.167 e. The number of halogens is 1. The molecule has 0 aliphatic rings. The number of nitrogen functional groups attached to an aromatic ring is 1. The van der Waals surface area contributed by atoms with Gasteiger partial charge in [0.2, 0.25) is 0 Å². The van der Waals surface area contributed by atoms with Gasteiger partial charge >= 0.3 is 0 Å². The van der Waals surface area contributed by atoms with E-state index < -0.39 is 5.82 Å². The van der Waals surface area contributed by atoms with E-state index in [1.807, 2.05) is 13.8 Å². The number of nitrogens with one attached hydrogen (secondary N) is 1. The molecule has 4 nitrogen and oxygen atoms in total. The molecule has 0 aromatic heterocycles. The van der Waals surface area contributed by atoms with Crippen LogP contribution in [0.5, 0.6) is 5.75 Å². The van der Waals surface area contributed by atoms with E-state index >= 15 is 0 Å². The first-order valence-electron chi connectivity index (χ1n) is 6.03. The van der Waals surface area contributed by atoms with Crippen molar-refractivity contribution >= 4 is 11.4 Å². The van der Waals surface area contributed by atoms with Gasteiger partial charge in [0, 0.05) is 32.4 Å². The fourth-order valence-corrected chi connectivity index (χ4v) is 1.51. The predicted molar refractivity (Wildman–Crippen MR) is 71.6 cm³/mol. The zero-order valence-electron chi connectivity index (χ0n) is 11.1. The molecule has 5 heteroatoms. The van der Waals surface area contributed by atoms with Crippen molar-refractivity contribution in [1.82, 2.24) is 0 Å². The Balaban J connectivity index is 2.71. The summed E-state index contributed by atoms with van der Waals surface area (Å²) in [5, 5.41) is 3.14. The van der Waals surface area contributed by atoms with Gasteiger partial charge in [0.05, 0.1) is 17.5 Å². The van der Waals surface area contributed by atoms with Gasteiger partial charge in [-0.05, 0) is 20.3 Å². The third kappa shape index (κ3) is 4.41. The van der Waals surface area contributed by atoms with Crippen molar-refractivity contribution in [2.24, 2.45) is 0 Å². The third-order valence-electron chi connectivity index (χ3n) is 2.31. The molecule has 0 amide bonds. The Kier molecular flexibility index (Phi) is 5.71. The van der Waals surface area contributed by atoms with Gasteiger partial charge in [0.1, 0.15) is 0 Å². The zero-order chi connectivity index (χ0) is 13.5. The van der Waals surface area contributed by atoms with Crippen molar-refractivity contribution in [3.05, 3.63) is 17.9 Å². The minimum Gasteiger partial charge on any atom is -0.488 e. The minimum atomic E-state index is -0.441. The summed E-state index contributed by atoms with van der Waals surface area (Å²) >= 11 is 0. The van der Waals surface area contributed by atoms with Crippen LogP contribution in [0, 0.1) is 5.82 Å². The highest BCUT2D eigenvalue weighted by atomic mass is 19.1. The van der Waals surface area contributed by atoms with Crippen LogP contribution in [0.15, 0.2) is 12.1 Å². The summed E-state index contributed by atoms with van der Waals surface area (Å²) in [6.45, 7) is 5.08. The predicted octanol–water partition coefficient (Wildman–Crippen LogP) is 2.64. The van der Waals surface area contributed by atoms with Crippen LogP contribution in [0.25, 0.3) is 0 Å². The summed E-state index contributed by atoms with van der Waals surface area (Å²) in [4.78, 5) is 0. The summed E-state index contributed by atoms with van der Waals surface area (Å²) in [5.41, 5.74) is 6.81. The zero-order valence-corrected chi connectivity index (χ0v) is 11.1. The Morgan fingerprint density at radius 2 is 2.11 bits per heavy atom. The maximum atomic E-state index is 13.6. The molecule has 0 unspecified atom stereocenters. The van der Waals surface area contributed by atoms with Crippen LogP contribution in [0.4, 0.5) is 15.8 Å². The van der Waals surface area contributed by atoms with Crippen LogP contribution < -0.4 is 15.8 Å². The number of benzene rings is 1. The molecular formula is C13H21FN2O2. The molecule has 0 radical (unpaired) electrons. The standard InChI is InChI=1S/C13H21FN2O2/c1-9(2)18-13-8-12(11(15)7-10(13)14)16-5-4-6-17-3/h7-9,16H,4-6,15H2,1-3H3. The third-order valence-corrected chi connectivity index (χ3v) is 2.31. The van der Waals surface area contributed by atoms with Crippen molar-refractivity contribution in [3.63, 3.8) is 0 Å². The van der Waals surface area contributed by atoms with E-state index in [-0.39, 0.29) is 11.9 Å². The molecule has 0 saturated heterocycles. The molecule has 0 atom stereocenters. The molecule has 0 heterocycles. The van der Waals surface area contributed by atoms with Crippen LogP contribution in [0.2, 0.25) is 0 Å². The van der Waals surface area contributed by atoms with Crippen molar-refractivity contribution in [2.75, 3.05) is 31.3 Å². The Hall–Kier alpha value is -1.49. The topological polar surface area (TPSA) is 56.5 Å². The molecular weight excluding hydrogens is 235 g/mol. The summed E-state index contributed by atoms with van der Waals surface area (Å²) in [6.07, 6.45) is 0.776. The fraction of sp³-hybridized carbons (Fsp3) is 0.538. The number of methoxy groups -OCH3 is 1. The monoisotopic (exact) mass is 256 g/mol. The number of rotatable bonds is 7. The number of anilines is 2. The first-order valence-corrected chi connectivity index (χ1v) is 6.03. The molecule has 0 saturated carbocycles. The maximum absolute atomic E-state index is 13.6. The van der Waals surface area contributed by atoms with E-state index in [2.05, 4.69) is 5.32 Å². The Labute approximate surface area is 107 Å². The van der Waals surface area contributed by atoms with Gasteiger partial charge in [-0.1, -0.05) is 0 Å². The molecule has 0 fully saturated rings. The SMILES string of the molecule is COCCCNc1cc(OC(C)C)c(F)cc1N. The largest absolute Gasteiger partial charge is 0.488 e. The van der Waals surface area contributed by atoms with Gasteiger partial charge in [-0.2, -0.15) is 0 Å². The molecule has 0 aliphatic heterocycles. The average molecular weight is 256 g/mol. The second kappa shape index (κ2) is 7.06. The van der Waals surface area contributed by atoms with E-state index in [1.54, 1.807) is 13.2 Å². The van der Waals surface area contributed by atoms with Gasteiger partial charge in [0.25, 0.3) is 0 Å². The van der Waals surface area contributed by atoms with Crippen LogP contribution >= 0.6 is 0 Å². The van der Waals surface area contributed by atoms with Gasteiger partial charge in [-0.3, -0.25) is 0 Å². The quantitative estimate of drug-likeness (QED) is 0.581. The van der Waals surface area contributed by atoms with Crippen LogP contribution in [0.1, 0.15) is 20.3 Å². The number of hydrogen-bond acceptors (Lipinski definition) is 4. The normalized spacial score (nSPS) is 10.7. The molecule has 0 aliphatic carbocycles. The van der Waals surface area contributed by atoms with Crippen molar-refractivity contribution in [2.45, 2.75) is 26.4 Å². The highest BCUT2D eigenvalue weighted by Crippen LogP contribution is 2.28. The van der Waals surface area contributed by atoms with Crippen LogP contribution in [-0.2, 0) is 4.74 Å². The van der Waals surface area contributed by atoms with E-state index in [0.29, 0.717) is 24.5 Å². The second-order valence-corrected chi connectivity index (χ2v) is 4.31. The van der Waals surface area contributed by atoms with Gasteiger partial charge in [-0.15, -0.1) is 0 Å². The van der Waals surface area contributed by atoms with Gasteiger partial charge < -0.3 is 20.5 Å². The molecule has 1 rings (SSSR count). The van der Waals surface area contributed by atoms with E-state index in [4.69, 9.17) is 15.2 Å². The second-order valence-electron chi connectivity index (χ2n) is 4.31. The first kappa shape index (κ1) is 14.6. The minimum absolute atomic E-state index is 0.0792. The summed E-state index contributed by atoms with van der Waals surface area (Å²) < 4.78 is 23.9. The summed E-state index contributed by atoms with van der Waals surface area (Å²) in [6, 6.07) is 2.87. The smallest absolute Gasteiger partial charge is 0.167 e. The lowest BCUT2D eigenvalue weighted by molar-refractivity contribution is 0.198. The van der Waals surface area contributed by atoms with E-state index in [0.717, 1.165) is 6.42 Å². The molecule has 1 aromatic rings. The lowest BCUT2D eigenvalue weighted by Crippen LogP contribution is -2.10. The first-order chi connectivity index (χ1) is 8.54. The summed E-state index contributed by atoms with van der Waals surface area (Å²) in [5.74, 6) is -0.225. The lowest BCUT2D eigenvalue weighted by atomic mass is 10.2.